The van der Waals surface area contributed by atoms with Crippen LogP contribution in [-0.2, 0) is 13.5 Å². The molecule has 3 rings (SSSR count). The monoisotopic (exact) mass is 300 g/mol. The normalized spacial score (nSPS) is 13.8. The molecule has 1 aromatic carbocycles. The molecule has 0 aliphatic carbocycles. The summed E-state index contributed by atoms with van der Waals surface area (Å²) >= 11 is 0. The van der Waals surface area contributed by atoms with Crippen LogP contribution in [0.2, 0.25) is 0 Å². The van der Waals surface area contributed by atoms with Gasteiger partial charge in [-0.1, -0.05) is 6.07 Å². The van der Waals surface area contributed by atoms with E-state index >= 15 is 0 Å². The molecule has 0 bridgehead atoms. The summed E-state index contributed by atoms with van der Waals surface area (Å²) in [6, 6.07) is 6.61. The van der Waals surface area contributed by atoms with Gasteiger partial charge in [0.1, 0.15) is 5.69 Å². The number of hydrogen-bond acceptors (Lipinski definition) is 4. The fourth-order valence-corrected chi connectivity index (χ4v) is 2.94. The molecule has 1 aliphatic heterocycles. The maximum absolute atomic E-state index is 12.8. The predicted octanol–water partition coefficient (Wildman–Crippen LogP) is 2.23. The number of nitrogens with zero attached hydrogens (tertiary/aromatic N) is 4. The van der Waals surface area contributed by atoms with Gasteiger partial charge in [-0.15, -0.1) is 0 Å². The van der Waals surface area contributed by atoms with Crippen molar-refractivity contribution in [3.63, 3.8) is 0 Å². The predicted molar refractivity (Wildman–Crippen MR) is 81.0 cm³/mol. The van der Waals surface area contributed by atoms with Gasteiger partial charge < -0.3 is 4.90 Å². The molecule has 0 unspecified atom stereocenters. The summed E-state index contributed by atoms with van der Waals surface area (Å²) < 4.78 is 1.54. The molecule has 0 atom stereocenters. The molecule has 7 nitrogen and oxygen atoms in total. The number of carbonyl (C=O) groups excluding carboxylic acids is 1. The summed E-state index contributed by atoms with van der Waals surface area (Å²) in [5, 5.41) is 15.4. The number of aromatic nitrogens is 2. The van der Waals surface area contributed by atoms with Crippen LogP contribution in [0.15, 0.2) is 24.3 Å². The van der Waals surface area contributed by atoms with Gasteiger partial charge in [0.05, 0.1) is 21.9 Å². The number of amides is 1. The lowest BCUT2D eigenvalue weighted by Crippen LogP contribution is -2.36. The average molecular weight is 300 g/mol. The topological polar surface area (TPSA) is 81.3 Å². The maximum Gasteiger partial charge on any atom is 0.276 e. The Morgan fingerprint density at radius 1 is 1.41 bits per heavy atom. The molecule has 1 aliphatic rings. The van der Waals surface area contributed by atoms with Crippen molar-refractivity contribution in [3.8, 4) is 0 Å². The minimum absolute atomic E-state index is 0.0798. The molecule has 1 aromatic heterocycles. The maximum atomic E-state index is 12.8. The zero-order chi connectivity index (χ0) is 15.9. The van der Waals surface area contributed by atoms with E-state index in [1.165, 1.54) is 6.07 Å². The second-order valence-corrected chi connectivity index (χ2v) is 5.39. The summed E-state index contributed by atoms with van der Waals surface area (Å²) in [7, 11) is 1.72. The van der Waals surface area contributed by atoms with Gasteiger partial charge in [-0.2, -0.15) is 5.10 Å². The third-order valence-corrected chi connectivity index (χ3v) is 3.89. The molecule has 1 amide bonds. The Morgan fingerprint density at radius 2 is 2.18 bits per heavy atom. The van der Waals surface area contributed by atoms with E-state index in [-0.39, 0.29) is 16.5 Å². The van der Waals surface area contributed by atoms with E-state index in [1.54, 1.807) is 34.8 Å². The summed E-state index contributed by atoms with van der Waals surface area (Å²) in [4.78, 5) is 25.2. The van der Waals surface area contributed by atoms with Gasteiger partial charge in [-0.05, 0) is 31.9 Å². The molecular formula is C15H16N4O3. The molecule has 2 heterocycles. The number of aryl methyl sites for hydroxylation is 2. The van der Waals surface area contributed by atoms with Gasteiger partial charge in [0, 0.05) is 19.7 Å². The Balaban J connectivity index is 2.05. The first kappa shape index (κ1) is 14.2. The van der Waals surface area contributed by atoms with Crippen molar-refractivity contribution in [2.75, 3.05) is 11.4 Å². The van der Waals surface area contributed by atoms with Gasteiger partial charge in [0.2, 0.25) is 0 Å². The van der Waals surface area contributed by atoms with Crippen LogP contribution in [0, 0.1) is 17.0 Å². The Hall–Kier alpha value is -2.70. The smallest absolute Gasteiger partial charge is 0.276 e. The largest absolute Gasteiger partial charge is 0.306 e. The lowest BCUT2D eigenvalue weighted by Gasteiger charge is -2.29. The van der Waals surface area contributed by atoms with Crippen LogP contribution in [0.4, 0.5) is 11.4 Å². The second kappa shape index (κ2) is 5.25. The van der Waals surface area contributed by atoms with E-state index in [4.69, 9.17) is 0 Å². The highest BCUT2D eigenvalue weighted by Crippen LogP contribution is 2.34. The molecular weight excluding hydrogens is 284 g/mol. The number of nitro benzene ring substituents is 1. The lowest BCUT2D eigenvalue weighted by atomic mass is 9.99. The first-order valence-corrected chi connectivity index (χ1v) is 7.08. The molecule has 0 radical (unpaired) electrons. The molecule has 0 saturated heterocycles. The minimum atomic E-state index is -0.388. The van der Waals surface area contributed by atoms with E-state index in [0.717, 1.165) is 5.69 Å². The first-order valence-electron chi connectivity index (χ1n) is 7.08. The number of benzene rings is 1. The fourth-order valence-electron chi connectivity index (χ4n) is 2.94. The summed E-state index contributed by atoms with van der Waals surface area (Å²) in [6.07, 6.45) is 1.32. The van der Waals surface area contributed by atoms with Crippen LogP contribution in [-0.4, -0.2) is 27.2 Å². The highest BCUT2D eigenvalue weighted by Gasteiger charge is 2.29. The molecule has 0 fully saturated rings. The average Bonchev–Trinajstić information content (AvgIpc) is 2.83. The van der Waals surface area contributed by atoms with E-state index in [1.807, 2.05) is 6.92 Å². The Morgan fingerprint density at radius 3 is 2.82 bits per heavy atom. The number of nitro groups is 1. The van der Waals surface area contributed by atoms with Gasteiger partial charge in [0.25, 0.3) is 11.6 Å². The molecule has 0 N–H and O–H groups in total. The van der Waals surface area contributed by atoms with E-state index in [2.05, 4.69) is 5.10 Å². The standard InChI is InChI=1S/C15H16N4O3/c1-10-9-14(17(2)16-10)15(20)18-8-4-5-11-12(18)6-3-7-13(11)19(21)22/h3,6-7,9H,4-5,8H2,1-2H3. The van der Waals surface area contributed by atoms with E-state index in [0.29, 0.717) is 36.3 Å². The van der Waals surface area contributed by atoms with Gasteiger partial charge in [-0.3, -0.25) is 19.6 Å². The fraction of sp³-hybridized carbons (Fsp3) is 0.333. The summed E-state index contributed by atoms with van der Waals surface area (Å²) in [5.74, 6) is -0.176. The highest BCUT2D eigenvalue weighted by molar-refractivity contribution is 6.06. The van der Waals surface area contributed by atoms with Crippen molar-refractivity contribution in [2.45, 2.75) is 19.8 Å². The lowest BCUT2D eigenvalue weighted by molar-refractivity contribution is -0.385. The van der Waals surface area contributed by atoms with Gasteiger partial charge in [0.15, 0.2) is 0 Å². The van der Waals surface area contributed by atoms with Crippen molar-refractivity contribution in [2.24, 2.45) is 7.05 Å². The number of carbonyl (C=O) groups is 1. The van der Waals surface area contributed by atoms with Crippen molar-refractivity contribution in [1.82, 2.24) is 9.78 Å². The summed E-state index contributed by atoms with van der Waals surface area (Å²) in [6.45, 7) is 2.38. The van der Waals surface area contributed by atoms with Crippen molar-refractivity contribution in [1.29, 1.82) is 0 Å². The van der Waals surface area contributed by atoms with Crippen LogP contribution < -0.4 is 4.90 Å². The zero-order valence-corrected chi connectivity index (χ0v) is 12.4. The molecule has 0 saturated carbocycles. The molecule has 7 heteroatoms. The Labute approximate surface area is 127 Å². The second-order valence-electron chi connectivity index (χ2n) is 5.39. The van der Waals surface area contributed by atoms with Crippen LogP contribution in [0.3, 0.4) is 0 Å². The number of rotatable bonds is 2. The molecule has 2 aromatic rings. The Kier molecular flexibility index (Phi) is 3.40. The SMILES string of the molecule is Cc1cc(C(=O)N2CCCc3c2cccc3[N+](=O)[O-])n(C)n1. The minimum Gasteiger partial charge on any atom is -0.306 e. The van der Waals surface area contributed by atoms with Gasteiger partial charge in [-0.25, -0.2) is 0 Å². The zero-order valence-electron chi connectivity index (χ0n) is 12.4. The highest BCUT2D eigenvalue weighted by atomic mass is 16.6. The number of anilines is 1. The van der Waals surface area contributed by atoms with Crippen LogP contribution in [0.1, 0.15) is 28.2 Å². The number of fused-ring (bicyclic) bond motifs is 1. The third kappa shape index (κ3) is 2.24. The summed E-state index contributed by atoms with van der Waals surface area (Å²) in [5.41, 5.74) is 2.59. The Bertz CT molecular complexity index is 766. The van der Waals surface area contributed by atoms with E-state index in [9.17, 15) is 14.9 Å². The van der Waals surface area contributed by atoms with Crippen molar-refractivity contribution < 1.29 is 9.72 Å². The number of hydrogen-bond donors (Lipinski definition) is 0. The van der Waals surface area contributed by atoms with Crippen LogP contribution in [0.25, 0.3) is 0 Å². The molecule has 0 spiro atoms. The van der Waals surface area contributed by atoms with E-state index < -0.39 is 0 Å². The van der Waals surface area contributed by atoms with Crippen LogP contribution >= 0.6 is 0 Å². The third-order valence-electron chi connectivity index (χ3n) is 3.89. The van der Waals surface area contributed by atoms with Gasteiger partial charge >= 0.3 is 0 Å². The molecule has 22 heavy (non-hydrogen) atoms. The molecule has 114 valence electrons. The van der Waals surface area contributed by atoms with Crippen molar-refractivity contribution in [3.05, 3.63) is 51.3 Å². The first-order chi connectivity index (χ1) is 10.5. The van der Waals surface area contributed by atoms with Crippen LogP contribution in [0.5, 0.6) is 0 Å². The quantitative estimate of drug-likeness (QED) is 0.629. The van der Waals surface area contributed by atoms with Crippen molar-refractivity contribution >= 4 is 17.3 Å².